The second-order valence-electron chi connectivity index (χ2n) is 6.81. The molecule has 0 aliphatic carbocycles. The maximum Gasteiger partial charge on any atom is 0.337 e. The molecule has 0 aliphatic heterocycles. The summed E-state index contributed by atoms with van der Waals surface area (Å²) in [5.41, 5.74) is 1.62. The van der Waals surface area contributed by atoms with Gasteiger partial charge in [0.05, 0.1) is 21.9 Å². The van der Waals surface area contributed by atoms with Crippen LogP contribution in [0.15, 0.2) is 30.9 Å². The number of aromatic carboxylic acids is 1. The number of aliphatic carboxylic acids is 1. The Hall–Kier alpha value is -3.46. The van der Waals surface area contributed by atoms with Crippen molar-refractivity contribution in [2.45, 2.75) is 19.9 Å². The van der Waals surface area contributed by atoms with Gasteiger partial charge in [-0.25, -0.2) is 19.7 Å². The van der Waals surface area contributed by atoms with E-state index in [4.69, 9.17) is 11.6 Å². The molecule has 0 amide bonds. The Labute approximate surface area is 169 Å². The fourth-order valence-corrected chi connectivity index (χ4v) is 3.41. The monoisotopic (exact) mass is 413 g/mol. The van der Waals surface area contributed by atoms with Gasteiger partial charge in [-0.05, 0) is 19.9 Å². The van der Waals surface area contributed by atoms with E-state index in [1.807, 2.05) is 0 Å². The highest BCUT2D eigenvalue weighted by Gasteiger charge is 2.26. The lowest BCUT2D eigenvalue weighted by Gasteiger charge is -2.18. The van der Waals surface area contributed by atoms with Gasteiger partial charge in [0.2, 0.25) is 0 Å². The van der Waals surface area contributed by atoms with E-state index in [1.54, 1.807) is 30.7 Å². The van der Waals surface area contributed by atoms with E-state index in [0.29, 0.717) is 33.1 Å². The molecular formula is C19H16ClN5O4. The third kappa shape index (κ3) is 3.09. The zero-order valence-corrected chi connectivity index (χ0v) is 16.2. The van der Waals surface area contributed by atoms with Crippen molar-refractivity contribution >= 4 is 45.6 Å². The van der Waals surface area contributed by atoms with E-state index >= 15 is 0 Å². The van der Waals surface area contributed by atoms with Gasteiger partial charge in [-0.1, -0.05) is 11.6 Å². The van der Waals surface area contributed by atoms with Crippen molar-refractivity contribution in [1.82, 2.24) is 24.5 Å². The maximum atomic E-state index is 11.7. The van der Waals surface area contributed by atoms with Gasteiger partial charge in [-0.3, -0.25) is 4.79 Å². The van der Waals surface area contributed by atoms with Gasteiger partial charge in [-0.2, -0.15) is 0 Å². The minimum Gasteiger partial charge on any atom is -0.481 e. The molecule has 0 saturated heterocycles. The number of carboxylic acid groups (broad SMARTS) is 2. The highest BCUT2D eigenvalue weighted by molar-refractivity contribution is 6.31. The van der Waals surface area contributed by atoms with E-state index in [2.05, 4.69) is 19.9 Å². The van der Waals surface area contributed by atoms with Gasteiger partial charge in [0.15, 0.2) is 5.82 Å². The molecule has 3 N–H and O–H groups in total. The van der Waals surface area contributed by atoms with Crippen LogP contribution in [0, 0.1) is 5.92 Å². The van der Waals surface area contributed by atoms with Crippen molar-refractivity contribution in [2.75, 3.05) is 0 Å². The highest BCUT2D eigenvalue weighted by Crippen LogP contribution is 2.31. The van der Waals surface area contributed by atoms with Gasteiger partial charge >= 0.3 is 11.9 Å². The lowest BCUT2D eigenvalue weighted by atomic mass is 10.0. The van der Waals surface area contributed by atoms with E-state index in [0.717, 1.165) is 5.39 Å². The lowest BCUT2D eigenvalue weighted by Crippen LogP contribution is -2.21. The predicted octanol–water partition coefficient (Wildman–Crippen LogP) is 3.61. The zero-order chi connectivity index (χ0) is 20.9. The topological polar surface area (TPSA) is 134 Å². The summed E-state index contributed by atoms with van der Waals surface area (Å²) in [5, 5.41) is 20.4. The number of hydrogen-bond acceptors (Lipinski definition) is 5. The van der Waals surface area contributed by atoms with Crippen LogP contribution in [0.2, 0.25) is 5.02 Å². The average Bonchev–Trinajstić information content (AvgIpc) is 3.27. The first-order valence-corrected chi connectivity index (χ1v) is 9.12. The van der Waals surface area contributed by atoms with Gasteiger partial charge in [0, 0.05) is 41.8 Å². The molecule has 0 unspecified atom stereocenters. The number of hydrogen-bond donors (Lipinski definition) is 3. The van der Waals surface area contributed by atoms with Crippen LogP contribution in [0.4, 0.5) is 0 Å². The number of H-pyrrole nitrogens is 1. The number of carbonyl (C=O) groups is 2. The molecule has 0 spiro atoms. The molecule has 0 aliphatic rings. The quantitative estimate of drug-likeness (QED) is 0.455. The van der Waals surface area contributed by atoms with Crippen LogP contribution in [0.3, 0.4) is 0 Å². The van der Waals surface area contributed by atoms with Crippen molar-refractivity contribution in [3.63, 3.8) is 0 Å². The van der Waals surface area contributed by atoms with Crippen LogP contribution in [0.25, 0.3) is 33.5 Å². The summed E-state index contributed by atoms with van der Waals surface area (Å²) in [7, 11) is 0. The Morgan fingerprint density at radius 3 is 2.62 bits per heavy atom. The Balaban J connectivity index is 1.94. The maximum absolute atomic E-state index is 11.7. The van der Waals surface area contributed by atoms with Crippen LogP contribution in [-0.2, 0) is 4.79 Å². The summed E-state index contributed by atoms with van der Waals surface area (Å²) >= 11 is 6.06. The number of halogens is 1. The molecule has 0 radical (unpaired) electrons. The zero-order valence-electron chi connectivity index (χ0n) is 15.4. The molecule has 4 aromatic rings. The fraction of sp³-hybridized carbons (Fsp3) is 0.211. The van der Waals surface area contributed by atoms with Crippen LogP contribution in [-0.4, -0.2) is 46.7 Å². The number of aromatic amines is 1. The molecule has 10 heteroatoms. The molecule has 4 rings (SSSR count). The Morgan fingerprint density at radius 2 is 1.93 bits per heavy atom. The molecule has 2 atom stereocenters. The van der Waals surface area contributed by atoms with E-state index < -0.39 is 23.9 Å². The minimum atomic E-state index is -1.14. The number of nitrogens with one attached hydrogen (secondary N) is 1. The highest BCUT2D eigenvalue weighted by atomic mass is 35.5. The second-order valence-corrected chi connectivity index (χ2v) is 7.24. The van der Waals surface area contributed by atoms with Crippen LogP contribution in [0.5, 0.6) is 0 Å². The first-order valence-electron chi connectivity index (χ1n) is 8.74. The smallest absolute Gasteiger partial charge is 0.337 e. The normalized spacial score (nSPS) is 13.6. The molecular weight excluding hydrogens is 398 g/mol. The van der Waals surface area contributed by atoms with Gasteiger partial charge in [0.1, 0.15) is 11.3 Å². The second kappa shape index (κ2) is 6.85. The van der Waals surface area contributed by atoms with Crippen molar-refractivity contribution in [1.29, 1.82) is 0 Å². The summed E-state index contributed by atoms with van der Waals surface area (Å²) in [6.45, 7) is 3.27. The molecule has 0 bridgehead atoms. The summed E-state index contributed by atoms with van der Waals surface area (Å²) < 4.78 is 1.57. The Bertz CT molecular complexity index is 1280. The molecule has 9 nitrogen and oxygen atoms in total. The molecule has 0 fully saturated rings. The van der Waals surface area contributed by atoms with E-state index in [1.165, 1.54) is 18.6 Å². The molecule has 148 valence electrons. The number of carboxylic acids is 2. The number of aromatic nitrogens is 5. The summed E-state index contributed by atoms with van der Waals surface area (Å²) in [4.78, 5) is 39.2. The Morgan fingerprint density at radius 1 is 1.17 bits per heavy atom. The van der Waals surface area contributed by atoms with Crippen molar-refractivity contribution in [2.24, 2.45) is 5.92 Å². The first-order chi connectivity index (χ1) is 13.8. The van der Waals surface area contributed by atoms with Crippen molar-refractivity contribution in [3.8, 4) is 11.4 Å². The SMILES string of the molecule is C[C@H](C(=O)O)[C@H](C)n1cc(C(=O)O)c2cnc(-c3c[nH]c4ncc(Cl)cc34)nc21. The number of rotatable bonds is 5. The van der Waals surface area contributed by atoms with Gasteiger partial charge in [-0.15, -0.1) is 0 Å². The average molecular weight is 414 g/mol. The third-order valence-corrected chi connectivity index (χ3v) is 5.30. The van der Waals surface area contributed by atoms with Gasteiger partial charge in [0.25, 0.3) is 0 Å². The summed E-state index contributed by atoms with van der Waals surface area (Å²) in [6.07, 6.45) is 6.06. The standard InChI is InChI=1S/C19H16ClN5O4/c1-8(18(26)27)9(2)25-7-14(19(28)29)13-6-23-16(24-17(13)25)12-5-22-15-11(12)3-10(20)4-21-15/h3-9H,1-2H3,(H,21,22)(H,26,27)(H,28,29)/t8-,9-/m0/s1. The third-order valence-electron chi connectivity index (χ3n) is 5.09. The molecule has 29 heavy (non-hydrogen) atoms. The summed E-state index contributed by atoms with van der Waals surface area (Å²) in [5.74, 6) is -2.52. The number of fused-ring (bicyclic) bond motifs is 2. The van der Waals surface area contributed by atoms with Crippen LogP contribution in [0.1, 0.15) is 30.2 Å². The molecule has 4 heterocycles. The number of nitrogens with zero attached hydrogens (tertiary/aromatic N) is 4. The van der Waals surface area contributed by atoms with Crippen molar-refractivity contribution < 1.29 is 19.8 Å². The number of pyridine rings is 1. The largest absolute Gasteiger partial charge is 0.481 e. The lowest BCUT2D eigenvalue weighted by molar-refractivity contribution is -0.142. The Kier molecular flexibility index (Phi) is 4.46. The van der Waals surface area contributed by atoms with E-state index in [-0.39, 0.29) is 5.56 Å². The molecule has 4 aromatic heterocycles. The summed E-state index contributed by atoms with van der Waals surface area (Å²) in [6, 6.07) is 1.21. The van der Waals surface area contributed by atoms with Crippen LogP contribution >= 0.6 is 11.6 Å². The first kappa shape index (κ1) is 18.9. The van der Waals surface area contributed by atoms with Crippen LogP contribution < -0.4 is 0 Å². The fourth-order valence-electron chi connectivity index (χ4n) is 3.25. The molecule has 0 aromatic carbocycles. The van der Waals surface area contributed by atoms with E-state index in [9.17, 15) is 19.8 Å². The predicted molar refractivity (Wildman–Crippen MR) is 106 cm³/mol. The van der Waals surface area contributed by atoms with Crippen molar-refractivity contribution in [3.05, 3.63) is 41.4 Å². The van der Waals surface area contributed by atoms with Gasteiger partial charge < -0.3 is 19.8 Å². The minimum absolute atomic E-state index is 0.0135. The molecule has 0 saturated carbocycles.